The molecule has 1 aromatic carbocycles. The van der Waals surface area contributed by atoms with Crippen molar-refractivity contribution in [3.8, 4) is 0 Å². The van der Waals surface area contributed by atoms with Crippen molar-refractivity contribution >= 4 is 29.4 Å². The van der Waals surface area contributed by atoms with Crippen LogP contribution in [0.1, 0.15) is 31.1 Å². The number of carbonyl (C=O) groups excluding carboxylic acids is 2. The van der Waals surface area contributed by atoms with Crippen molar-refractivity contribution in [1.29, 1.82) is 0 Å². The van der Waals surface area contributed by atoms with E-state index < -0.39 is 11.6 Å². The number of ether oxygens (including phenoxy) is 1. The molecule has 1 aromatic rings. The number of hydrogen-bond acceptors (Lipinski definition) is 5. The van der Waals surface area contributed by atoms with E-state index in [4.69, 9.17) is 16.3 Å². The predicted molar refractivity (Wildman–Crippen MR) is 85.8 cm³/mol. The molecule has 0 aliphatic carbocycles. The summed E-state index contributed by atoms with van der Waals surface area (Å²) in [5.41, 5.74) is 0.199. The van der Waals surface area contributed by atoms with Gasteiger partial charge in [0.05, 0.1) is 5.97 Å². The minimum atomic E-state index is -1.30. The topological polar surface area (TPSA) is 72.9 Å². The van der Waals surface area contributed by atoms with Gasteiger partial charge in [0.25, 0.3) is 0 Å². The third-order valence-corrected chi connectivity index (χ3v) is 3.80. The van der Waals surface area contributed by atoms with Gasteiger partial charge in [-0.2, -0.15) is 0 Å². The number of benzene rings is 1. The van der Waals surface area contributed by atoms with E-state index in [1.807, 2.05) is 25.7 Å². The molecule has 24 heavy (non-hydrogen) atoms. The summed E-state index contributed by atoms with van der Waals surface area (Å²) in [6, 6.07) is 4.81. The second-order valence-corrected chi connectivity index (χ2v) is 6.81. The van der Waals surface area contributed by atoms with Crippen LogP contribution < -0.4 is 28.9 Å². The van der Waals surface area contributed by atoms with E-state index in [0.717, 1.165) is 5.69 Å². The van der Waals surface area contributed by atoms with E-state index >= 15 is 0 Å². The second-order valence-electron chi connectivity index (χ2n) is 6.41. The number of halogens is 1. The fourth-order valence-corrected chi connectivity index (χ4v) is 2.53. The van der Waals surface area contributed by atoms with Crippen molar-refractivity contribution in [3.05, 3.63) is 28.8 Å². The van der Waals surface area contributed by atoms with Crippen LogP contribution in [0.5, 0.6) is 0 Å². The van der Waals surface area contributed by atoms with Gasteiger partial charge in [0.2, 0.25) is 0 Å². The molecule has 0 atom stereocenters. The Hall–Kier alpha value is -1.35. The normalized spacial score (nSPS) is 14.8. The molecule has 2 rings (SSSR count). The molecule has 0 bridgehead atoms. The van der Waals surface area contributed by atoms with E-state index in [9.17, 15) is 14.7 Å². The third-order valence-electron chi connectivity index (χ3n) is 3.47. The van der Waals surface area contributed by atoms with Gasteiger partial charge in [-0.05, 0) is 39.0 Å². The minimum absolute atomic E-state index is 0. The number of amides is 1. The fraction of sp³-hybridized carbons (Fsp3) is 0.500. The molecule has 0 spiro atoms. The summed E-state index contributed by atoms with van der Waals surface area (Å²) in [5.74, 6) is -1.30. The second kappa shape index (κ2) is 8.15. The zero-order chi connectivity index (χ0) is 17.2. The number of anilines is 1. The molecule has 1 heterocycles. The molecule has 8 heteroatoms. The summed E-state index contributed by atoms with van der Waals surface area (Å²) in [5, 5.41) is 11.2. The largest absolute Gasteiger partial charge is 1.00 e. The maximum absolute atomic E-state index is 12.0. The van der Waals surface area contributed by atoms with Gasteiger partial charge >= 0.3 is 25.0 Å². The smallest absolute Gasteiger partial charge is 0.545 e. The van der Waals surface area contributed by atoms with Crippen molar-refractivity contribution in [3.63, 3.8) is 0 Å². The maximum atomic E-state index is 12.0. The Kier molecular flexibility index (Phi) is 7.03. The van der Waals surface area contributed by atoms with Gasteiger partial charge in [-0.15, -0.1) is 0 Å². The van der Waals surface area contributed by atoms with E-state index in [1.165, 1.54) is 6.07 Å². The number of carbonyl (C=O) groups is 2. The molecule has 6 nitrogen and oxygen atoms in total. The Balaban J connectivity index is 0.00000288. The van der Waals surface area contributed by atoms with Crippen molar-refractivity contribution < 1.29 is 38.3 Å². The van der Waals surface area contributed by atoms with Gasteiger partial charge < -0.3 is 24.4 Å². The summed E-state index contributed by atoms with van der Waals surface area (Å²) < 4.78 is 5.35. The number of aromatic carboxylic acids is 1. The molecule has 1 saturated heterocycles. The summed E-state index contributed by atoms with van der Waals surface area (Å²) >= 11 is 5.85. The molecular weight excluding hydrogens is 327 g/mol. The predicted octanol–water partition coefficient (Wildman–Crippen LogP) is -1.24. The van der Waals surface area contributed by atoms with Crippen LogP contribution in [0.2, 0.25) is 5.02 Å². The standard InChI is InChI=1S/C16H21ClN2O4.Li/c1-16(2,3)23-15(22)19-8-6-18(7-9-19)11-4-5-13(17)12(10-11)14(20)21;/h4-5,10H,6-9H2,1-3H3,(H,20,21);/q;+1/p-1. The third kappa shape index (κ3) is 5.34. The van der Waals surface area contributed by atoms with E-state index in [-0.39, 0.29) is 35.5 Å². The SMILES string of the molecule is CC(C)(C)OC(=O)N1CCN(c2ccc(Cl)c(C(=O)[O-])c2)CC1.[Li+]. The van der Waals surface area contributed by atoms with Crippen molar-refractivity contribution in [2.24, 2.45) is 0 Å². The van der Waals surface area contributed by atoms with Crippen LogP contribution in [0.15, 0.2) is 18.2 Å². The number of piperazine rings is 1. The Morgan fingerprint density at radius 1 is 1.17 bits per heavy atom. The maximum Gasteiger partial charge on any atom is 1.00 e. The number of carboxylic acids is 1. The quantitative estimate of drug-likeness (QED) is 0.627. The molecule has 1 fully saturated rings. The Bertz CT molecular complexity index is 611. The molecule has 0 unspecified atom stereocenters. The Morgan fingerprint density at radius 3 is 2.25 bits per heavy atom. The van der Waals surface area contributed by atoms with Crippen molar-refractivity contribution in [2.75, 3.05) is 31.1 Å². The van der Waals surface area contributed by atoms with E-state index in [1.54, 1.807) is 17.0 Å². The van der Waals surface area contributed by atoms with Gasteiger partial charge in [-0.25, -0.2) is 4.79 Å². The molecule has 126 valence electrons. The van der Waals surface area contributed by atoms with Gasteiger partial charge in [-0.1, -0.05) is 11.6 Å². The number of hydrogen-bond donors (Lipinski definition) is 0. The van der Waals surface area contributed by atoms with E-state index in [0.29, 0.717) is 26.2 Å². The number of nitrogens with zero attached hydrogens (tertiary/aromatic N) is 2. The van der Waals surface area contributed by atoms with Crippen LogP contribution in [-0.4, -0.2) is 48.7 Å². The van der Waals surface area contributed by atoms with Crippen LogP contribution >= 0.6 is 11.6 Å². The summed E-state index contributed by atoms with van der Waals surface area (Å²) in [6.07, 6.45) is -0.330. The number of carboxylic acid groups (broad SMARTS) is 1. The monoisotopic (exact) mass is 346 g/mol. The zero-order valence-corrected chi connectivity index (χ0v) is 15.2. The van der Waals surface area contributed by atoms with Gasteiger partial charge in [0, 0.05) is 42.5 Å². The molecule has 1 aliphatic heterocycles. The van der Waals surface area contributed by atoms with Crippen LogP contribution in [0.3, 0.4) is 0 Å². The van der Waals surface area contributed by atoms with E-state index in [2.05, 4.69) is 0 Å². The van der Waals surface area contributed by atoms with Crippen molar-refractivity contribution in [2.45, 2.75) is 26.4 Å². The molecule has 1 aliphatic rings. The summed E-state index contributed by atoms with van der Waals surface area (Å²) in [4.78, 5) is 26.7. The van der Waals surface area contributed by atoms with Crippen LogP contribution in [0.4, 0.5) is 10.5 Å². The van der Waals surface area contributed by atoms with Gasteiger partial charge in [-0.3, -0.25) is 0 Å². The molecule has 1 amide bonds. The average molecular weight is 347 g/mol. The first-order valence-electron chi connectivity index (χ1n) is 7.41. The summed E-state index contributed by atoms with van der Waals surface area (Å²) in [7, 11) is 0. The number of rotatable bonds is 2. The Labute approximate surface area is 158 Å². The minimum Gasteiger partial charge on any atom is -0.545 e. The molecular formula is C16H20ClLiN2O4. The first kappa shape index (κ1) is 20.7. The van der Waals surface area contributed by atoms with Crippen LogP contribution in [-0.2, 0) is 4.74 Å². The zero-order valence-electron chi connectivity index (χ0n) is 14.5. The molecule has 0 saturated carbocycles. The van der Waals surface area contributed by atoms with Gasteiger partial charge in [0.15, 0.2) is 0 Å². The van der Waals surface area contributed by atoms with Crippen molar-refractivity contribution in [1.82, 2.24) is 4.90 Å². The summed E-state index contributed by atoms with van der Waals surface area (Å²) in [6.45, 7) is 7.69. The molecule has 0 N–H and O–H groups in total. The first-order chi connectivity index (χ1) is 10.7. The fourth-order valence-electron chi connectivity index (χ4n) is 2.34. The Morgan fingerprint density at radius 2 is 1.75 bits per heavy atom. The van der Waals surface area contributed by atoms with Gasteiger partial charge in [0.1, 0.15) is 5.60 Å². The first-order valence-corrected chi connectivity index (χ1v) is 7.79. The molecule has 0 aromatic heterocycles. The molecule has 0 radical (unpaired) electrons. The van der Waals surface area contributed by atoms with Crippen LogP contribution in [0, 0.1) is 0 Å². The van der Waals surface area contributed by atoms with Crippen LogP contribution in [0.25, 0.3) is 0 Å². The average Bonchev–Trinajstić information content (AvgIpc) is 2.46.